The predicted molar refractivity (Wildman–Crippen MR) is 68.4 cm³/mol. The van der Waals surface area contributed by atoms with Gasteiger partial charge in [0.2, 0.25) is 0 Å². The van der Waals surface area contributed by atoms with Gasteiger partial charge in [0.1, 0.15) is 0 Å². The Kier molecular flexibility index (Phi) is 2.88. The molecule has 2 heteroatoms. The van der Waals surface area contributed by atoms with Gasteiger partial charge in [0.05, 0.1) is 0 Å². The highest BCUT2D eigenvalue weighted by Crippen LogP contribution is 2.24. The first kappa shape index (κ1) is 10.5. The van der Waals surface area contributed by atoms with Crippen molar-refractivity contribution in [3.63, 3.8) is 0 Å². The summed E-state index contributed by atoms with van der Waals surface area (Å²) in [5.74, 6) is 0. The van der Waals surface area contributed by atoms with Gasteiger partial charge in [-0.25, -0.2) is 0 Å². The van der Waals surface area contributed by atoms with Crippen LogP contribution in [0.15, 0.2) is 42.7 Å². The van der Waals surface area contributed by atoms with Crippen molar-refractivity contribution in [2.24, 2.45) is 0 Å². The Balaban J connectivity index is 1.92. The largest absolute Gasteiger partial charge is 0.299 e. The van der Waals surface area contributed by atoms with Gasteiger partial charge >= 0.3 is 0 Å². The van der Waals surface area contributed by atoms with Crippen LogP contribution in [-0.4, -0.2) is 23.0 Å². The number of hydrogen-bond donors (Lipinski definition) is 0. The maximum atomic E-state index is 4.19. The second-order valence-corrected chi connectivity index (χ2v) is 4.43. The number of pyridine rings is 1. The molecule has 0 spiro atoms. The molecule has 2 heterocycles. The minimum Gasteiger partial charge on any atom is -0.299 e. The topological polar surface area (TPSA) is 16.1 Å². The Morgan fingerprint density at radius 2 is 2.18 bits per heavy atom. The van der Waals surface area contributed by atoms with Gasteiger partial charge in [-0.1, -0.05) is 24.3 Å². The van der Waals surface area contributed by atoms with Crippen LogP contribution in [0.2, 0.25) is 0 Å². The number of aromatic nitrogens is 1. The molecule has 0 unspecified atom stereocenters. The van der Waals surface area contributed by atoms with E-state index in [1.807, 2.05) is 30.6 Å². The Bertz CT molecular complexity index is 489. The van der Waals surface area contributed by atoms with Crippen molar-refractivity contribution in [1.29, 1.82) is 0 Å². The van der Waals surface area contributed by atoms with Crippen LogP contribution < -0.4 is 0 Å². The number of rotatable bonds is 3. The average molecular weight is 223 g/mol. The summed E-state index contributed by atoms with van der Waals surface area (Å²) in [7, 11) is 0. The first-order chi connectivity index (χ1) is 8.43. The van der Waals surface area contributed by atoms with Crippen molar-refractivity contribution in [2.75, 3.05) is 13.1 Å². The maximum Gasteiger partial charge on any atom is 0.0346 e. The van der Waals surface area contributed by atoms with E-state index in [4.69, 9.17) is 0 Å². The Morgan fingerprint density at radius 3 is 2.88 bits per heavy atom. The molecule has 1 radical (unpaired) electrons. The SMILES string of the molecule is [c]1cccc(-c2cccnc2)c1CN1CCC1. The number of benzene rings is 1. The summed E-state index contributed by atoms with van der Waals surface area (Å²) < 4.78 is 0. The molecule has 1 aromatic heterocycles. The molecule has 3 rings (SSSR count). The third-order valence-electron chi connectivity index (χ3n) is 3.24. The summed E-state index contributed by atoms with van der Waals surface area (Å²) >= 11 is 0. The van der Waals surface area contributed by atoms with E-state index in [-0.39, 0.29) is 0 Å². The quantitative estimate of drug-likeness (QED) is 0.795. The third-order valence-corrected chi connectivity index (χ3v) is 3.24. The summed E-state index contributed by atoms with van der Waals surface area (Å²) in [6.07, 6.45) is 5.06. The predicted octanol–water partition coefficient (Wildman–Crippen LogP) is 2.75. The Labute approximate surface area is 102 Å². The van der Waals surface area contributed by atoms with Crippen molar-refractivity contribution in [2.45, 2.75) is 13.0 Å². The van der Waals surface area contributed by atoms with Gasteiger partial charge in [-0.3, -0.25) is 9.88 Å². The summed E-state index contributed by atoms with van der Waals surface area (Å²) in [5.41, 5.74) is 3.72. The van der Waals surface area contributed by atoms with E-state index in [0.29, 0.717) is 0 Å². The highest BCUT2D eigenvalue weighted by atomic mass is 15.2. The minimum atomic E-state index is 1.01. The molecular weight excluding hydrogens is 208 g/mol. The molecule has 85 valence electrons. The van der Waals surface area contributed by atoms with Gasteiger partial charge in [0.15, 0.2) is 0 Å². The summed E-state index contributed by atoms with van der Waals surface area (Å²) in [6.45, 7) is 3.44. The fourth-order valence-corrected chi connectivity index (χ4v) is 2.16. The molecule has 1 aliphatic rings. The molecule has 1 aromatic carbocycles. The first-order valence-electron chi connectivity index (χ1n) is 6.06. The zero-order valence-corrected chi connectivity index (χ0v) is 9.76. The second-order valence-electron chi connectivity index (χ2n) is 4.43. The third kappa shape index (κ3) is 2.22. The van der Waals surface area contributed by atoms with E-state index in [1.165, 1.54) is 36.2 Å². The van der Waals surface area contributed by atoms with Crippen LogP contribution in [0, 0.1) is 6.07 Å². The molecule has 17 heavy (non-hydrogen) atoms. The second kappa shape index (κ2) is 4.68. The molecule has 2 nitrogen and oxygen atoms in total. The van der Waals surface area contributed by atoms with Crippen molar-refractivity contribution in [3.05, 3.63) is 54.4 Å². The normalized spacial score (nSPS) is 15.5. The van der Waals surface area contributed by atoms with Crippen LogP contribution in [0.4, 0.5) is 0 Å². The fraction of sp³-hybridized carbons (Fsp3) is 0.267. The zero-order chi connectivity index (χ0) is 11.5. The molecule has 0 saturated carbocycles. The molecule has 0 amide bonds. The monoisotopic (exact) mass is 223 g/mol. The molecule has 0 N–H and O–H groups in total. The summed E-state index contributed by atoms with van der Waals surface area (Å²) in [6, 6.07) is 13.6. The number of hydrogen-bond acceptors (Lipinski definition) is 2. The van der Waals surface area contributed by atoms with Gasteiger partial charge in [-0.2, -0.15) is 0 Å². The Morgan fingerprint density at radius 1 is 1.24 bits per heavy atom. The lowest BCUT2D eigenvalue weighted by Gasteiger charge is -2.31. The van der Waals surface area contributed by atoms with E-state index in [2.05, 4.69) is 28.1 Å². The number of nitrogens with zero attached hydrogens (tertiary/aromatic N) is 2. The smallest absolute Gasteiger partial charge is 0.0346 e. The molecule has 0 bridgehead atoms. The van der Waals surface area contributed by atoms with Crippen LogP contribution in [-0.2, 0) is 6.54 Å². The summed E-state index contributed by atoms with van der Waals surface area (Å²) in [4.78, 5) is 6.64. The highest BCUT2D eigenvalue weighted by Gasteiger charge is 2.15. The van der Waals surface area contributed by atoms with Crippen LogP contribution in [0.25, 0.3) is 11.1 Å². The molecule has 1 aliphatic heterocycles. The van der Waals surface area contributed by atoms with Gasteiger partial charge in [0.25, 0.3) is 0 Å². The average Bonchev–Trinajstić information content (AvgIpc) is 2.35. The van der Waals surface area contributed by atoms with Gasteiger partial charge in [-0.05, 0) is 42.8 Å². The molecule has 0 aliphatic carbocycles. The summed E-state index contributed by atoms with van der Waals surface area (Å²) in [5, 5.41) is 0. The van der Waals surface area contributed by atoms with Gasteiger partial charge in [-0.15, -0.1) is 0 Å². The lowest BCUT2D eigenvalue weighted by atomic mass is 10.00. The van der Waals surface area contributed by atoms with Crippen LogP contribution in [0.3, 0.4) is 0 Å². The zero-order valence-electron chi connectivity index (χ0n) is 9.76. The minimum absolute atomic E-state index is 1.01. The van der Waals surface area contributed by atoms with E-state index in [9.17, 15) is 0 Å². The van der Waals surface area contributed by atoms with E-state index < -0.39 is 0 Å². The van der Waals surface area contributed by atoms with E-state index in [1.54, 1.807) is 0 Å². The van der Waals surface area contributed by atoms with E-state index >= 15 is 0 Å². The van der Waals surface area contributed by atoms with Crippen molar-refractivity contribution in [3.8, 4) is 11.1 Å². The van der Waals surface area contributed by atoms with Gasteiger partial charge in [0, 0.05) is 24.5 Å². The molecule has 1 fully saturated rings. The number of likely N-dealkylation sites (tertiary alicyclic amines) is 1. The van der Waals surface area contributed by atoms with Gasteiger partial charge < -0.3 is 0 Å². The van der Waals surface area contributed by atoms with Crippen molar-refractivity contribution < 1.29 is 0 Å². The van der Waals surface area contributed by atoms with Crippen LogP contribution >= 0.6 is 0 Å². The lowest BCUT2D eigenvalue weighted by molar-refractivity contribution is 0.173. The highest BCUT2D eigenvalue weighted by molar-refractivity contribution is 5.66. The molecule has 2 aromatic rings. The fourth-order valence-electron chi connectivity index (χ4n) is 2.16. The maximum absolute atomic E-state index is 4.19. The molecular formula is C15H15N2. The van der Waals surface area contributed by atoms with Crippen molar-refractivity contribution >= 4 is 0 Å². The lowest BCUT2D eigenvalue weighted by Crippen LogP contribution is -2.36. The first-order valence-corrected chi connectivity index (χ1v) is 6.06. The molecule has 0 atom stereocenters. The Hall–Kier alpha value is -1.67. The standard InChI is InChI=1S/C15H15N2/c1-2-7-15(13-6-3-8-16-11-13)14(5-1)12-17-9-4-10-17/h1-3,6-8,11H,4,9-10,12H2. The van der Waals surface area contributed by atoms with Crippen molar-refractivity contribution in [1.82, 2.24) is 9.88 Å². The molecule has 1 saturated heterocycles. The van der Waals surface area contributed by atoms with Crippen LogP contribution in [0.1, 0.15) is 12.0 Å². The van der Waals surface area contributed by atoms with E-state index in [0.717, 1.165) is 6.54 Å². The van der Waals surface area contributed by atoms with Crippen LogP contribution in [0.5, 0.6) is 0 Å².